The molecule has 0 bridgehead atoms. The van der Waals surface area contributed by atoms with E-state index in [9.17, 15) is 14.7 Å². The van der Waals surface area contributed by atoms with Crippen molar-refractivity contribution in [2.45, 2.75) is 78.9 Å². The van der Waals surface area contributed by atoms with Crippen LogP contribution in [0, 0.1) is 36.0 Å². The average Bonchev–Trinajstić information content (AvgIpc) is 3.50. The number of nitrogens with zero attached hydrogens (tertiary/aromatic N) is 2. The number of rotatable bonds is 1. The molecule has 1 aromatic carbocycles. The zero-order valence-electron chi connectivity index (χ0n) is 22.0. The molecule has 0 radical (unpaired) electrons. The van der Waals surface area contributed by atoms with Gasteiger partial charge in [-0.05, 0) is 62.1 Å². The number of allylic oxidation sites excluding steroid dienone is 1. The number of aryl methyl sites for hydroxylation is 2. The lowest BCUT2D eigenvalue weighted by Crippen LogP contribution is -2.38. The topological polar surface area (TPSA) is 81.4 Å². The van der Waals surface area contributed by atoms with E-state index < -0.39 is 17.4 Å². The van der Waals surface area contributed by atoms with Crippen molar-refractivity contribution in [2.75, 3.05) is 0 Å². The van der Waals surface area contributed by atoms with Crippen molar-refractivity contribution in [3.05, 3.63) is 41.7 Å². The number of ether oxygens (including phenoxy) is 1. The lowest BCUT2D eigenvalue weighted by molar-refractivity contribution is -0.151. The number of imidazole rings is 1. The third kappa shape index (κ3) is 5.53. The molecule has 2 heterocycles. The number of Topliss-reactive ketones (excluding diaryl/α,β-unsaturated/α-hetero) is 1. The summed E-state index contributed by atoms with van der Waals surface area (Å²) in [6.45, 7) is 9.47. The van der Waals surface area contributed by atoms with E-state index in [1.807, 2.05) is 40.8 Å². The van der Waals surface area contributed by atoms with Gasteiger partial charge in [0.25, 0.3) is 0 Å². The summed E-state index contributed by atoms with van der Waals surface area (Å²) in [5, 5.41) is 10.8. The highest BCUT2D eigenvalue weighted by molar-refractivity contribution is 5.87. The van der Waals surface area contributed by atoms with Gasteiger partial charge in [-0.3, -0.25) is 9.59 Å². The van der Waals surface area contributed by atoms with Crippen LogP contribution in [0.15, 0.2) is 30.4 Å². The molecule has 0 spiro atoms. The maximum Gasteiger partial charge on any atom is 0.306 e. The quantitative estimate of drug-likeness (QED) is 0.433. The summed E-state index contributed by atoms with van der Waals surface area (Å²) in [6.07, 6.45) is 6.56. The zero-order chi connectivity index (χ0) is 25.5. The second kappa shape index (κ2) is 9.88. The molecule has 0 amide bonds. The van der Waals surface area contributed by atoms with Gasteiger partial charge in [0.1, 0.15) is 17.7 Å². The van der Waals surface area contributed by atoms with Gasteiger partial charge in [0.2, 0.25) is 0 Å². The molecule has 1 aromatic heterocycles. The summed E-state index contributed by atoms with van der Waals surface area (Å²) in [6, 6.07) is 6.16. The Balaban J connectivity index is 1.59. The predicted molar refractivity (Wildman–Crippen MR) is 137 cm³/mol. The number of aromatic nitrogens is 2. The number of benzene rings is 1. The van der Waals surface area contributed by atoms with Crippen molar-refractivity contribution in [2.24, 2.45) is 36.1 Å². The van der Waals surface area contributed by atoms with Crippen molar-refractivity contribution in [3.8, 4) is 0 Å². The highest BCUT2D eigenvalue weighted by Gasteiger charge is 2.40. The van der Waals surface area contributed by atoms with E-state index in [1.165, 1.54) is 0 Å². The van der Waals surface area contributed by atoms with Crippen LogP contribution in [0.1, 0.15) is 77.3 Å². The summed E-state index contributed by atoms with van der Waals surface area (Å²) in [5.74, 6) is 1.12. The summed E-state index contributed by atoms with van der Waals surface area (Å²) in [7, 11) is 2.00. The van der Waals surface area contributed by atoms with Crippen molar-refractivity contribution in [1.29, 1.82) is 0 Å². The largest absolute Gasteiger partial charge is 0.457 e. The molecule has 1 saturated carbocycles. The van der Waals surface area contributed by atoms with Crippen LogP contribution in [0.4, 0.5) is 0 Å². The first-order valence-corrected chi connectivity index (χ1v) is 13.0. The van der Waals surface area contributed by atoms with Gasteiger partial charge in [-0.25, -0.2) is 4.98 Å². The molecule has 35 heavy (non-hydrogen) atoms. The normalized spacial score (nSPS) is 33.2. The van der Waals surface area contributed by atoms with Crippen LogP contribution in [-0.4, -0.2) is 32.5 Å². The van der Waals surface area contributed by atoms with E-state index in [0.717, 1.165) is 41.7 Å². The fourth-order valence-electron chi connectivity index (χ4n) is 5.52. The van der Waals surface area contributed by atoms with E-state index in [2.05, 4.69) is 33.8 Å². The lowest BCUT2D eigenvalue weighted by atomic mass is 9.75. The number of aliphatic hydroxyl groups excluding tert-OH is 1. The Morgan fingerprint density at radius 3 is 2.63 bits per heavy atom. The minimum absolute atomic E-state index is 0.0140. The first-order valence-electron chi connectivity index (χ1n) is 13.0. The van der Waals surface area contributed by atoms with Gasteiger partial charge in [0.15, 0.2) is 0 Å². The number of ketones is 1. The number of fused-ring (bicyclic) bond motifs is 2. The summed E-state index contributed by atoms with van der Waals surface area (Å²) in [4.78, 5) is 30.8. The number of hydrogen-bond acceptors (Lipinski definition) is 5. The summed E-state index contributed by atoms with van der Waals surface area (Å²) in [5.41, 5.74) is 2.23. The molecule has 2 aliphatic rings. The number of cyclic esters (lactones) is 1. The number of carbonyl (C=O) groups excluding carboxylic acids is 2. The molecule has 190 valence electrons. The number of hydrogen-bond donors (Lipinski definition) is 1. The molecular weight excluding hydrogens is 440 g/mol. The number of carbonyl (C=O) groups is 2. The van der Waals surface area contributed by atoms with Crippen LogP contribution < -0.4 is 0 Å². The van der Waals surface area contributed by atoms with Crippen LogP contribution in [-0.2, 0) is 21.4 Å². The van der Waals surface area contributed by atoms with Crippen molar-refractivity contribution in [3.63, 3.8) is 0 Å². The lowest BCUT2D eigenvalue weighted by Gasteiger charge is -2.30. The Kier molecular flexibility index (Phi) is 7.23. The third-order valence-corrected chi connectivity index (χ3v) is 8.32. The Morgan fingerprint density at radius 2 is 1.89 bits per heavy atom. The molecular formula is C29H40N2O4. The van der Waals surface area contributed by atoms with Crippen LogP contribution >= 0.6 is 0 Å². The smallest absolute Gasteiger partial charge is 0.306 e. The number of aliphatic hydroxyl groups is 1. The number of esters is 1. The molecule has 6 nitrogen and oxygen atoms in total. The van der Waals surface area contributed by atoms with Gasteiger partial charge in [0.05, 0.1) is 17.1 Å². The Hall–Kier alpha value is -2.47. The first-order chi connectivity index (χ1) is 16.5. The maximum absolute atomic E-state index is 13.2. The van der Waals surface area contributed by atoms with E-state index in [1.54, 1.807) is 6.92 Å². The van der Waals surface area contributed by atoms with Crippen molar-refractivity contribution >= 4 is 22.8 Å². The van der Waals surface area contributed by atoms with Gasteiger partial charge in [0, 0.05) is 30.7 Å². The van der Waals surface area contributed by atoms with E-state index >= 15 is 0 Å². The fourth-order valence-corrected chi connectivity index (χ4v) is 5.52. The van der Waals surface area contributed by atoms with Crippen LogP contribution in [0.25, 0.3) is 11.0 Å². The second-order valence-electron chi connectivity index (χ2n) is 11.5. The Labute approximate surface area is 208 Å². The Morgan fingerprint density at radius 1 is 1.14 bits per heavy atom. The zero-order valence-corrected chi connectivity index (χ0v) is 22.0. The molecule has 1 fully saturated rings. The molecule has 1 N–H and O–H groups in total. The molecule has 6 atom stereocenters. The van der Waals surface area contributed by atoms with Gasteiger partial charge in [-0.1, -0.05) is 45.9 Å². The van der Waals surface area contributed by atoms with E-state index in [4.69, 9.17) is 4.74 Å². The molecule has 1 aliphatic carbocycles. The van der Waals surface area contributed by atoms with Gasteiger partial charge < -0.3 is 14.4 Å². The van der Waals surface area contributed by atoms with E-state index in [-0.39, 0.29) is 30.2 Å². The molecule has 0 saturated heterocycles. The molecule has 4 rings (SSSR count). The SMILES string of the molecule is Cc1nc2cc([C@@H]3C[C@@H]4C[C@@H]4C/C=C/[C@H](C)C(O)[C@@H](C)C(=O)C(C)(C)CCC(=O)O3)ccc2n1C. The minimum atomic E-state index is -0.734. The molecule has 2 aromatic rings. The third-order valence-electron chi connectivity index (χ3n) is 8.32. The van der Waals surface area contributed by atoms with E-state index in [0.29, 0.717) is 18.3 Å². The van der Waals surface area contributed by atoms with Crippen LogP contribution in [0.3, 0.4) is 0 Å². The highest BCUT2D eigenvalue weighted by atomic mass is 16.5. The van der Waals surface area contributed by atoms with Gasteiger partial charge >= 0.3 is 5.97 Å². The molecule has 1 aliphatic heterocycles. The highest BCUT2D eigenvalue weighted by Crippen LogP contribution is 2.48. The monoisotopic (exact) mass is 480 g/mol. The van der Waals surface area contributed by atoms with Crippen LogP contribution in [0.2, 0.25) is 0 Å². The average molecular weight is 481 g/mol. The first kappa shape index (κ1) is 25.6. The maximum atomic E-state index is 13.2. The second-order valence-corrected chi connectivity index (χ2v) is 11.5. The fraction of sp³-hybridized carbons (Fsp3) is 0.621. The van der Waals surface area contributed by atoms with Gasteiger partial charge in [-0.15, -0.1) is 0 Å². The van der Waals surface area contributed by atoms with Crippen LogP contribution in [0.5, 0.6) is 0 Å². The standard InChI is InChI=1S/C29H40N2O4/c1-17-8-7-9-20-14-22(20)16-25(21-10-11-24-23(15-21)30-19(3)31(24)6)35-26(32)12-13-29(4,5)28(34)18(2)27(17)33/h7-8,10-11,15,17-18,20,22,25,27,33H,9,12-14,16H2,1-6H3/b8-7+/t17-,18+,20-,22-,25-,27?/m0/s1. The predicted octanol–water partition coefficient (Wildman–Crippen LogP) is 5.46. The van der Waals surface area contributed by atoms with Crippen molar-refractivity contribution < 1.29 is 19.4 Å². The summed E-state index contributed by atoms with van der Waals surface area (Å²) >= 11 is 0. The molecule has 1 unspecified atom stereocenters. The molecule has 6 heteroatoms. The Bertz CT molecular complexity index is 1130. The minimum Gasteiger partial charge on any atom is -0.457 e. The van der Waals surface area contributed by atoms with Gasteiger partial charge in [-0.2, -0.15) is 0 Å². The summed E-state index contributed by atoms with van der Waals surface area (Å²) < 4.78 is 8.12. The van der Waals surface area contributed by atoms with Crippen molar-refractivity contribution in [1.82, 2.24) is 9.55 Å².